The Kier molecular flexibility index (Phi) is 7.34. The van der Waals surface area contributed by atoms with Crippen LogP contribution < -0.4 is 10.6 Å². The summed E-state index contributed by atoms with van der Waals surface area (Å²) in [5, 5.41) is 5.44. The highest BCUT2D eigenvalue weighted by molar-refractivity contribution is 9.10. The fraction of sp³-hybridized carbons (Fsp3) is 0.286. The van der Waals surface area contributed by atoms with Crippen LogP contribution in [0.5, 0.6) is 0 Å². The van der Waals surface area contributed by atoms with Crippen LogP contribution >= 0.6 is 15.9 Å². The van der Waals surface area contributed by atoms with Gasteiger partial charge >= 0.3 is 0 Å². The van der Waals surface area contributed by atoms with E-state index in [1.807, 2.05) is 32.9 Å². The molecule has 0 atom stereocenters. The number of anilines is 1. The highest BCUT2D eigenvalue weighted by Crippen LogP contribution is 2.21. The van der Waals surface area contributed by atoms with E-state index in [1.165, 1.54) is 11.9 Å². The predicted molar refractivity (Wildman–Crippen MR) is 113 cm³/mol. The summed E-state index contributed by atoms with van der Waals surface area (Å²) in [4.78, 5) is 38.0. The van der Waals surface area contributed by atoms with E-state index in [1.54, 1.807) is 24.3 Å². The van der Waals surface area contributed by atoms with Gasteiger partial charge in [-0.25, -0.2) is 0 Å². The maximum absolute atomic E-state index is 12.3. The summed E-state index contributed by atoms with van der Waals surface area (Å²) in [6.07, 6.45) is 0. The van der Waals surface area contributed by atoms with E-state index >= 15 is 0 Å². The van der Waals surface area contributed by atoms with Gasteiger partial charge in [-0.15, -0.1) is 0 Å². The minimum Gasteiger partial charge on any atom is -0.343 e. The number of carbonyl (C=O) groups excluding carboxylic acids is 3. The summed E-state index contributed by atoms with van der Waals surface area (Å²) in [6.45, 7) is 5.58. The molecular weight excluding hydrogens is 422 g/mol. The molecule has 0 fully saturated rings. The fourth-order valence-corrected chi connectivity index (χ4v) is 3.36. The molecule has 0 aliphatic carbocycles. The second kappa shape index (κ2) is 9.50. The smallest absolute Gasteiger partial charge is 0.252 e. The van der Waals surface area contributed by atoms with Gasteiger partial charge in [0.15, 0.2) is 0 Å². The summed E-state index contributed by atoms with van der Waals surface area (Å²) in [5.41, 5.74) is 4.28. The lowest BCUT2D eigenvalue weighted by Crippen LogP contribution is -2.41. The minimum absolute atomic E-state index is 0.101. The summed E-state index contributed by atoms with van der Waals surface area (Å²) >= 11 is 3.30. The summed E-state index contributed by atoms with van der Waals surface area (Å²) < 4.78 is 0.650. The maximum atomic E-state index is 12.3. The Balaban J connectivity index is 1.89. The molecule has 0 saturated heterocycles. The van der Waals surface area contributed by atoms with Gasteiger partial charge < -0.3 is 15.5 Å². The molecule has 28 heavy (non-hydrogen) atoms. The van der Waals surface area contributed by atoms with E-state index in [2.05, 4.69) is 26.6 Å². The number of hydrogen-bond donors (Lipinski definition) is 2. The number of benzene rings is 2. The van der Waals surface area contributed by atoms with Gasteiger partial charge in [-0.2, -0.15) is 0 Å². The second-order valence-electron chi connectivity index (χ2n) is 6.73. The lowest BCUT2D eigenvalue weighted by atomic mass is 10.1. The molecule has 0 bridgehead atoms. The van der Waals surface area contributed by atoms with Crippen molar-refractivity contribution in [3.05, 3.63) is 63.1 Å². The van der Waals surface area contributed by atoms with Crippen molar-refractivity contribution in [1.82, 2.24) is 10.2 Å². The van der Waals surface area contributed by atoms with Gasteiger partial charge in [0.25, 0.3) is 5.91 Å². The molecule has 2 rings (SSSR count). The molecular formula is C21H24BrN3O3. The van der Waals surface area contributed by atoms with Gasteiger partial charge in [-0.1, -0.05) is 29.8 Å². The number of amides is 3. The van der Waals surface area contributed by atoms with Crippen LogP contribution in [0, 0.1) is 20.8 Å². The summed E-state index contributed by atoms with van der Waals surface area (Å²) in [5.74, 6) is -1.000. The molecule has 2 N–H and O–H groups in total. The van der Waals surface area contributed by atoms with Gasteiger partial charge in [0.05, 0.1) is 18.7 Å². The van der Waals surface area contributed by atoms with Crippen LogP contribution in [0.1, 0.15) is 27.0 Å². The van der Waals surface area contributed by atoms with Crippen molar-refractivity contribution in [1.29, 1.82) is 0 Å². The van der Waals surface area contributed by atoms with Crippen molar-refractivity contribution in [3.63, 3.8) is 0 Å². The third-order valence-corrected chi connectivity index (χ3v) is 4.96. The Bertz CT molecular complexity index is 889. The average molecular weight is 446 g/mol. The standard InChI is InChI=1S/C21H24BrN3O3/c1-13-9-14(2)20(15(3)10-13)24-18(26)12-25(4)19(27)11-23-21(28)16-7-5-6-8-17(16)22/h5-10H,11-12H2,1-4H3,(H,23,28)(H,24,26). The molecule has 148 valence electrons. The molecule has 0 saturated carbocycles. The van der Waals surface area contributed by atoms with Gasteiger partial charge in [0.1, 0.15) is 0 Å². The monoisotopic (exact) mass is 445 g/mol. The Hall–Kier alpha value is -2.67. The first kappa shape index (κ1) is 21.6. The molecule has 2 aromatic carbocycles. The zero-order valence-electron chi connectivity index (χ0n) is 16.4. The first-order valence-electron chi connectivity index (χ1n) is 8.83. The van der Waals surface area contributed by atoms with Gasteiger partial charge in [0.2, 0.25) is 11.8 Å². The number of carbonyl (C=O) groups is 3. The first-order valence-corrected chi connectivity index (χ1v) is 9.62. The van der Waals surface area contributed by atoms with Crippen LogP contribution in [0.3, 0.4) is 0 Å². The third-order valence-electron chi connectivity index (χ3n) is 4.27. The molecule has 3 amide bonds. The molecule has 0 aromatic heterocycles. The van der Waals surface area contributed by atoms with E-state index in [0.717, 1.165) is 22.4 Å². The quantitative estimate of drug-likeness (QED) is 0.716. The van der Waals surface area contributed by atoms with Crippen LogP contribution in [-0.2, 0) is 9.59 Å². The number of aryl methyl sites for hydroxylation is 3. The summed E-state index contributed by atoms with van der Waals surface area (Å²) in [7, 11) is 1.53. The van der Waals surface area contributed by atoms with Gasteiger partial charge in [0, 0.05) is 17.2 Å². The molecule has 0 unspecified atom stereocenters. The number of halogens is 1. The molecule has 0 aliphatic rings. The van der Waals surface area contributed by atoms with E-state index in [4.69, 9.17) is 0 Å². The van der Waals surface area contributed by atoms with Crippen molar-refractivity contribution in [2.24, 2.45) is 0 Å². The largest absolute Gasteiger partial charge is 0.343 e. The molecule has 2 aromatic rings. The van der Waals surface area contributed by atoms with Crippen molar-refractivity contribution < 1.29 is 14.4 Å². The summed E-state index contributed by atoms with van der Waals surface area (Å²) in [6, 6.07) is 10.9. The Morgan fingerprint density at radius 3 is 2.25 bits per heavy atom. The van der Waals surface area contributed by atoms with Crippen molar-refractivity contribution in [2.45, 2.75) is 20.8 Å². The van der Waals surface area contributed by atoms with Crippen LogP contribution in [-0.4, -0.2) is 42.8 Å². The minimum atomic E-state index is -0.357. The van der Waals surface area contributed by atoms with Crippen molar-refractivity contribution in [3.8, 4) is 0 Å². The first-order chi connectivity index (χ1) is 13.2. The second-order valence-corrected chi connectivity index (χ2v) is 7.59. The predicted octanol–water partition coefficient (Wildman–Crippen LogP) is 3.20. The highest BCUT2D eigenvalue weighted by Gasteiger charge is 2.16. The Morgan fingerprint density at radius 2 is 1.64 bits per heavy atom. The van der Waals surface area contributed by atoms with Gasteiger partial charge in [-0.05, 0) is 60.0 Å². The fourth-order valence-electron chi connectivity index (χ4n) is 2.89. The van der Waals surface area contributed by atoms with Gasteiger partial charge in [-0.3, -0.25) is 14.4 Å². The zero-order valence-corrected chi connectivity index (χ0v) is 18.0. The SMILES string of the molecule is Cc1cc(C)c(NC(=O)CN(C)C(=O)CNC(=O)c2ccccc2Br)c(C)c1. The molecule has 7 heteroatoms. The van der Waals surface area contributed by atoms with E-state index in [-0.39, 0.29) is 30.8 Å². The Morgan fingerprint density at radius 1 is 1.04 bits per heavy atom. The number of likely N-dealkylation sites (N-methyl/N-ethyl adjacent to an activating group) is 1. The van der Waals surface area contributed by atoms with Crippen LogP contribution in [0.2, 0.25) is 0 Å². The molecule has 0 heterocycles. The molecule has 0 aliphatic heterocycles. The average Bonchev–Trinajstić information content (AvgIpc) is 2.62. The van der Waals surface area contributed by atoms with E-state index in [0.29, 0.717) is 10.0 Å². The van der Waals surface area contributed by atoms with E-state index < -0.39 is 0 Å². The van der Waals surface area contributed by atoms with E-state index in [9.17, 15) is 14.4 Å². The number of nitrogens with one attached hydrogen (secondary N) is 2. The topological polar surface area (TPSA) is 78.5 Å². The highest BCUT2D eigenvalue weighted by atomic mass is 79.9. The van der Waals surface area contributed by atoms with Crippen LogP contribution in [0.4, 0.5) is 5.69 Å². The lowest BCUT2D eigenvalue weighted by Gasteiger charge is -2.19. The molecule has 6 nitrogen and oxygen atoms in total. The number of nitrogens with zero attached hydrogens (tertiary/aromatic N) is 1. The Labute approximate surface area is 173 Å². The maximum Gasteiger partial charge on any atom is 0.252 e. The van der Waals surface area contributed by atoms with Crippen molar-refractivity contribution >= 4 is 39.3 Å². The van der Waals surface area contributed by atoms with Crippen molar-refractivity contribution in [2.75, 3.05) is 25.5 Å². The van der Waals surface area contributed by atoms with Crippen LogP contribution in [0.25, 0.3) is 0 Å². The molecule has 0 radical (unpaired) electrons. The van der Waals surface area contributed by atoms with Crippen LogP contribution in [0.15, 0.2) is 40.9 Å². The molecule has 0 spiro atoms. The lowest BCUT2D eigenvalue weighted by molar-refractivity contribution is -0.132. The number of rotatable bonds is 6. The number of hydrogen-bond acceptors (Lipinski definition) is 3. The third kappa shape index (κ3) is 5.66. The normalized spacial score (nSPS) is 10.3. The zero-order chi connectivity index (χ0) is 20.8.